The first kappa shape index (κ1) is 11.8. The zero-order valence-electron chi connectivity index (χ0n) is 11.9. The lowest BCUT2D eigenvalue weighted by Crippen LogP contribution is -2.29. The molecule has 4 fully saturated rings. The van der Waals surface area contributed by atoms with Gasteiger partial charge in [0.1, 0.15) is 0 Å². The van der Waals surface area contributed by atoms with Crippen molar-refractivity contribution in [3.63, 3.8) is 0 Å². The summed E-state index contributed by atoms with van der Waals surface area (Å²) in [5.74, 6) is 6.86. The minimum absolute atomic E-state index is 1.13. The van der Waals surface area contributed by atoms with Crippen LogP contribution in [0, 0.1) is 35.5 Å². The predicted molar refractivity (Wildman–Crippen MR) is 76.3 cm³/mol. The largest absolute Gasteiger partial charge is 0.0528 e. The molecular weight excluding hydrogens is 216 g/mol. The van der Waals surface area contributed by atoms with Gasteiger partial charge in [0, 0.05) is 0 Å². The maximum Gasteiger partial charge on any atom is -0.0357 e. The van der Waals surface area contributed by atoms with E-state index in [4.69, 9.17) is 0 Å². The Morgan fingerprint density at radius 3 is 1.89 bits per heavy atom. The van der Waals surface area contributed by atoms with Gasteiger partial charge in [-0.15, -0.1) is 0 Å². The first-order valence-corrected chi connectivity index (χ1v) is 8.90. The smallest absolute Gasteiger partial charge is 0.0357 e. The minimum atomic E-state index is 1.13. The molecule has 6 atom stereocenters. The Morgan fingerprint density at radius 1 is 0.444 bits per heavy atom. The summed E-state index contributed by atoms with van der Waals surface area (Å²) < 4.78 is 0. The zero-order chi connectivity index (χ0) is 11.9. The van der Waals surface area contributed by atoms with E-state index in [2.05, 4.69) is 0 Å². The van der Waals surface area contributed by atoms with Gasteiger partial charge in [-0.1, -0.05) is 51.4 Å². The van der Waals surface area contributed by atoms with Gasteiger partial charge in [-0.3, -0.25) is 0 Å². The third-order valence-electron chi connectivity index (χ3n) is 7.20. The average molecular weight is 246 g/mol. The quantitative estimate of drug-likeness (QED) is 0.535. The van der Waals surface area contributed by atoms with Crippen LogP contribution in [0.5, 0.6) is 0 Å². The number of rotatable bonds is 0. The van der Waals surface area contributed by atoms with Crippen molar-refractivity contribution >= 4 is 0 Å². The van der Waals surface area contributed by atoms with Crippen molar-refractivity contribution in [2.24, 2.45) is 35.5 Å². The Hall–Kier alpha value is 0. The summed E-state index contributed by atoms with van der Waals surface area (Å²) >= 11 is 0. The zero-order valence-corrected chi connectivity index (χ0v) is 11.9. The fraction of sp³-hybridized carbons (Fsp3) is 1.00. The molecule has 0 nitrogen and oxygen atoms in total. The molecule has 5 unspecified atom stereocenters. The second-order valence-corrected chi connectivity index (χ2v) is 8.07. The Balaban J connectivity index is 1.66. The fourth-order valence-electron chi connectivity index (χ4n) is 6.47. The van der Waals surface area contributed by atoms with E-state index in [0.717, 1.165) is 35.5 Å². The maximum atomic E-state index is 1.64. The van der Waals surface area contributed by atoms with E-state index in [9.17, 15) is 0 Å². The Kier molecular flexibility index (Phi) is 3.17. The van der Waals surface area contributed by atoms with E-state index in [1.807, 2.05) is 0 Å². The van der Waals surface area contributed by atoms with Crippen molar-refractivity contribution < 1.29 is 0 Å². The highest BCUT2D eigenvalue weighted by Crippen LogP contribution is 2.52. The Morgan fingerprint density at radius 2 is 1.00 bits per heavy atom. The molecule has 0 heterocycles. The van der Waals surface area contributed by atoms with E-state index < -0.39 is 0 Å². The van der Waals surface area contributed by atoms with Crippen molar-refractivity contribution in [3.8, 4) is 0 Å². The van der Waals surface area contributed by atoms with Gasteiger partial charge >= 0.3 is 0 Å². The topological polar surface area (TPSA) is 0 Å². The number of hydrogen-bond acceptors (Lipinski definition) is 0. The normalized spacial score (nSPS) is 52.0. The molecule has 4 saturated carbocycles. The Bertz CT molecular complexity index is 294. The van der Waals surface area contributed by atoms with E-state index in [-0.39, 0.29) is 0 Å². The minimum Gasteiger partial charge on any atom is -0.0528 e. The van der Waals surface area contributed by atoms with Gasteiger partial charge in [-0.2, -0.15) is 0 Å². The van der Waals surface area contributed by atoms with Crippen LogP contribution < -0.4 is 0 Å². The molecule has 0 radical (unpaired) electrons. The third-order valence-corrected chi connectivity index (χ3v) is 7.20. The van der Waals surface area contributed by atoms with Crippen LogP contribution in [0.25, 0.3) is 0 Å². The number of fused-ring (bicyclic) bond motifs is 4. The SMILES string of the molecule is C1CC2CC3CCC[C@@H](C3)C3CCCC2C(C1)C3. The standard InChI is InChI=1S/C18H30/c1-4-13-10-14(5-1)15-6-3-9-18-16(11-13)7-2-8-17(18)12-15/h13-18H,1-12H2/t13?,14-,15?,16?,17?,18?/m0/s1. The van der Waals surface area contributed by atoms with E-state index in [1.54, 1.807) is 77.0 Å². The molecule has 0 aromatic carbocycles. The molecule has 18 heavy (non-hydrogen) atoms. The van der Waals surface area contributed by atoms with Crippen LogP contribution >= 0.6 is 0 Å². The lowest BCUT2D eigenvalue weighted by atomic mass is 9.67. The summed E-state index contributed by atoms with van der Waals surface area (Å²) in [5, 5.41) is 0. The number of hydrogen-bond donors (Lipinski definition) is 0. The fourth-order valence-corrected chi connectivity index (χ4v) is 6.47. The first-order chi connectivity index (χ1) is 8.90. The molecule has 0 heteroatoms. The second kappa shape index (κ2) is 4.84. The second-order valence-electron chi connectivity index (χ2n) is 8.07. The van der Waals surface area contributed by atoms with Crippen LogP contribution in [0.4, 0.5) is 0 Å². The molecule has 0 N–H and O–H groups in total. The van der Waals surface area contributed by atoms with E-state index >= 15 is 0 Å². The summed E-state index contributed by atoms with van der Waals surface area (Å²) in [5.41, 5.74) is 0. The van der Waals surface area contributed by atoms with E-state index in [0.29, 0.717) is 0 Å². The van der Waals surface area contributed by atoms with Crippen LogP contribution in [0.15, 0.2) is 0 Å². The van der Waals surface area contributed by atoms with Crippen molar-refractivity contribution in [3.05, 3.63) is 0 Å². The third kappa shape index (κ3) is 2.04. The molecule has 4 aliphatic carbocycles. The summed E-state index contributed by atoms with van der Waals surface area (Å²) in [6, 6.07) is 0. The van der Waals surface area contributed by atoms with Gasteiger partial charge in [0.15, 0.2) is 0 Å². The molecular formula is C18H30. The monoisotopic (exact) mass is 246 g/mol. The predicted octanol–water partition coefficient (Wildman–Crippen LogP) is 5.42. The molecule has 0 saturated heterocycles. The van der Waals surface area contributed by atoms with Crippen molar-refractivity contribution in [1.82, 2.24) is 0 Å². The van der Waals surface area contributed by atoms with Gasteiger partial charge < -0.3 is 0 Å². The van der Waals surface area contributed by atoms with Gasteiger partial charge in [0.2, 0.25) is 0 Å². The first-order valence-electron chi connectivity index (χ1n) is 8.90. The van der Waals surface area contributed by atoms with Crippen LogP contribution in [0.3, 0.4) is 0 Å². The van der Waals surface area contributed by atoms with Crippen LogP contribution in [-0.4, -0.2) is 0 Å². The van der Waals surface area contributed by atoms with Crippen molar-refractivity contribution in [2.45, 2.75) is 77.0 Å². The lowest BCUT2D eigenvalue weighted by Gasteiger charge is -2.39. The van der Waals surface area contributed by atoms with Crippen LogP contribution in [0.2, 0.25) is 0 Å². The summed E-state index contributed by atoms with van der Waals surface area (Å²) in [4.78, 5) is 0. The van der Waals surface area contributed by atoms with Gasteiger partial charge in [0.25, 0.3) is 0 Å². The molecule has 6 bridgehead atoms. The van der Waals surface area contributed by atoms with Gasteiger partial charge in [0.05, 0.1) is 0 Å². The summed E-state index contributed by atoms with van der Waals surface area (Å²) in [6.45, 7) is 0. The molecule has 4 aliphatic rings. The van der Waals surface area contributed by atoms with Crippen molar-refractivity contribution in [1.29, 1.82) is 0 Å². The molecule has 0 amide bonds. The Labute approximate surface area is 113 Å². The lowest BCUT2D eigenvalue weighted by molar-refractivity contribution is 0.118. The molecule has 4 rings (SSSR count). The summed E-state index contributed by atoms with van der Waals surface area (Å²) in [7, 11) is 0. The maximum absolute atomic E-state index is 1.64. The van der Waals surface area contributed by atoms with E-state index in [1.165, 1.54) is 0 Å². The van der Waals surface area contributed by atoms with Crippen LogP contribution in [-0.2, 0) is 0 Å². The molecule has 0 aromatic heterocycles. The highest BCUT2D eigenvalue weighted by atomic mass is 14.5. The molecule has 0 aromatic rings. The highest BCUT2D eigenvalue weighted by molar-refractivity contribution is 4.92. The van der Waals surface area contributed by atoms with Crippen molar-refractivity contribution in [2.75, 3.05) is 0 Å². The molecule has 102 valence electrons. The molecule has 0 spiro atoms. The summed E-state index contributed by atoms with van der Waals surface area (Å²) in [6.07, 6.45) is 19.1. The van der Waals surface area contributed by atoms with Gasteiger partial charge in [-0.25, -0.2) is 0 Å². The highest BCUT2D eigenvalue weighted by Gasteiger charge is 2.41. The molecule has 0 aliphatic heterocycles. The van der Waals surface area contributed by atoms with Crippen LogP contribution in [0.1, 0.15) is 77.0 Å². The average Bonchev–Trinajstić information content (AvgIpc) is 2.61. The van der Waals surface area contributed by atoms with Gasteiger partial charge in [-0.05, 0) is 61.2 Å².